The molecule has 2 nitrogen and oxygen atoms in total. The SMILES string of the molecule is CC1(C)c2ccccc2-c2c(N(c3cccc4c3oc3c5ccccc5ccc43)c3cccc4sc5ccccc5c34)cccc21. The van der Waals surface area contributed by atoms with Crippen molar-refractivity contribution in [3.63, 3.8) is 0 Å². The Morgan fingerprint density at radius 3 is 2.09 bits per heavy atom. The molecule has 0 amide bonds. The van der Waals surface area contributed by atoms with Crippen molar-refractivity contribution >= 4 is 81.3 Å². The third-order valence-corrected chi connectivity index (χ3v) is 11.2. The van der Waals surface area contributed by atoms with Gasteiger partial charge in [-0.25, -0.2) is 0 Å². The molecule has 9 aromatic rings. The summed E-state index contributed by atoms with van der Waals surface area (Å²) in [4.78, 5) is 2.48. The van der Waals surface area contributed by atoms with Crippen LogP contribution >= 0.6 is 11.3 Å². The van der Waals surface area contributed by atoms with Crippen LogP contribution in [0.5, 0.6) is 0 Å². The van der Waals surface area contributed by atoms with Crippen molar-refractivity contribution in [2.24, 2.45) is 0 Å². The number of benzene rings is 7. The average Bonchev–Trinajstić information content (AvgIpc) is 3.74. The van der Waals surface area contributed by atoms with E-state index in [4.69, 9.17) is 4.42 Å². The first-order chi connectivity index (χ1) is 22.6. The van der Waals surface area contributed by atoms with Gasteiger partial charge >= 0.3 is 0 Å². The van der Waals surface area contributed by atoms with Gasteiger partial charge in [0.2, 0.25) is 0 Å². The lowest BCUT2D eigenvalue weighted by atomic mass is 9.82. The highest BCUT2D eigenvalue weighted by molar-refractivity contribution is 7.26. The monoisotopic (exact) mass is 607 g/mol. The Morgan fingerprint density at radius 2 is 1.15 bits per heavy atom. The molecule has 0 unspecified atom stereocenters. The summed E-state index contributed by atoms with van der Waals surface area (Å²) in [6.45, 7) is 4.70. The number of rotatable bonds is 3. The summed E-state index contributed by atoms with van der Waals surface area (Å²) in [6, 6.07) is 50.8. The van der Waals surface area contributed by atoms with Gasteiger partial charge in [-0.15, -0.1) is 11.3 Å². The highest BCUT2D eigenvalue weighted by atomic mass is 32.1. The second-order valence-corrected chi connectivity index (χ2v) is 14.0. The van der Waals surface area contributed by atoms with E-state index in [1.54, 1.807) is 0 Å². The molecule has 0 saturated carbocycles. The number of hydrogen-bond acceptors (Lipinski definition) is 3. The van der Waals surface area contributed by atoms with Gasteiger partial charge in [0.25, 0.3) is 0 Å². The minimum Gasteiger partial charge on any atom is -0.453 e. The van der Waals surface area contributed by atoms with Crippen LogP contribution in [0.15, 0.2) is 144 Å². The molecule has 10 rings (SSSR count). The standard InChI is InChI=1S/C43H29NOS/c1-43(2)32-17-7-5-14-30(32)39-33(43)18-10-19-34(39)44(35-20-11-23-38-40(35)31-15-6-8-22-37(31)46-38)36-21-9-16-28-29-25-24-26-12-3-4-13-27(26)41(29)45-42(28)36/h3-25H,1-2H3. The van der Waals surface area contributed by atoms with Gasteiger partial charge in [0, 0.05) is 47.3 Å². The molecule has 0 aliphatic heterocycles. The van der Waals surface area contributed by atoms with E-state index in [1.165, 1.54) is 47.8 Å². The molecule has 0 bridgehead atoms. The van der Waals surface area contributed by atoms with Crippen molar-refractivity contribution in [2.45, 2.75) is 19.3 Å². The highest BCUT2D eigenvalue weighted by Crippen LogP contribution is 2.56. The Balaban J connectivity index is 1.36. The lowest BCUT2D eigenvalue weighted by Crippen LogP contribution is -2.16. The molecule has 0 atom stereocenters. The molecule has 218 valence electrons. The molecular formula is C43H29NOS. The van der Waals surface area contributed by atoms with Crippen molar-refractivity contribution in [3.8, 4) is 11.1 Å². The van der Waals surface area contributed by atoms with E-state index in [0.717, 1.165) is 44.4 Å². The van der Waals surface area contributed by atoms with Crippen LogP contribution < -0.4 is 4.90 Å². The Morgan fingerprint density at radius 1 is 0.500 bits per heavy atom. The van der Waals surface area contributed by atoms with E-state index < -0.39 is 0 Å². The second kappa shape index (κ2) is 9.32. The molecule has 0 saturated heterocycles. The summed E-state index contributed by atoms with van der Waals surface area (Å²) in [5.74, 6) is 0. The number of furan rings is 1. The molecule has 1 aliphatic rings. The van der Waals surface area contributed by atoms with E-state index in [-0.39, 0.29) is 5.41 Å². The van der Waals surface area contributed by atoms with Gasteiger partial charge in [0.05, 0.1) is 17.1 Å². The lowest BCUT2D eigenvalue weighted by molar-refractivity contribution is 0.660. The first-order valence-electron chi connectivity index (χ1n) is 15.9. The Kier molecular flexibility index (Phi) is 5.25. The number of thiophene rings is 1. The minimum absolute atomic E-state index is 0.112. The van der Waals surface area contributed by atoms with Gasteiger partial charge in [-0.2, -0.15) is 0 Å². The minimum atomic E-state index is -0.112. The smallest absolute Gasteiger partial charge is 0.159 e. The van der Waals surface area contributed by atoms with Crippen molar-refractivity contribution in [3.05, 3.63) is 151 Å². The summed E-state index contributed by atoms with van der Waals surface area (Å²) in [5, 5.41) is 7.12. The van der Waals surface area contributed by atoms with E-state index >= 15 is 0 Å². The van der Waals surface area contributed by atoms with Crippen LogP contribution in [-0.2, 0) is 5.41 Å². The van der Waals surface area contributed by atoms with Gasteiger partial charge in [0.1, 0.15) is 5.58 Å². The highest BCUT2D eigenvalue weighted by Gasteiger charge is 2.38. The van der Waals surface area contributed by atoms with Crippen molar-refractivity contribution in [1.29, 1.82) is 0 Å². The van der Waals surface area contributed by atoms with Gasteiger partial charge in [-0.3, -0.25) is 0 Å². The van der Waals surface area contributed by atoms with Gasteiger partial charge in [-0.1, -0.05) is 117 Å². The van der Waals surface area contributed by atoms with Crippen LogP contribution in [0.1, 0.15) is 25.0 Å². The predicted octanol–water partition coefficient (Wildman–Crippen LogP) is 12.9. The normalized spacial score (nSPS) is 13.6. The van der Waals surface area contributed by atoms with E-state index in [1.807, 2.05) is 11.3 Å². The molecule has 2 aromatic heterocycles. The molecule has 0 radical (unpaired) electrons. The maximum atomic E-state index is 6.99. The molecule has 7 aromatic carbocycles. The van der Waals surface area contributed by atoms with Gasteiger partial charge in [-0.05, 0) is 58.5 Å². The fourth-order valence-electron chi connectivity index (χ4n) is 7.94. The zero-order chi connectivity index (χ0) is 30.6. The molecular weight excluding hydrogens is 579 g/mol. The predicted molar refractivity (Wildman–Crippen MR) is 196 cm³/mol. The summed E-state index contributed by atoms with van der Waals surface area (Å²) in [5.41, 5.74) is 10.4. The lowest BCUT2D eigenvalue weighted by Gasteiger charge is -2.29. The van der Waals surface area contributed by atoms with Crippen LogP contribution in [-0.4, -0.2) is 0 Å². The third kappa shape index (κ3) is 3.41. The van der Waals surface area contributed by atoms with E-state index in [2.05, 4.69) is 158 Å². The van der Waals surface area contributed by atoms with E-state index in [0.29, 0.717) is 0 Å². The molecule has 0 spiro atoms. The van der Waals surface area contributed by atoms with Crippen LogP contribution in [0, 0.1) is 0 Å². The fraction of sp³-hybridized carbons (Fsp3) is 0.0698. The van der Waals surface area contributed by atoms with Gasteiger partial charge < -0.3 is 9.32 Å². The van der Waals surface area contributed by atoms with Crippen LogP contribution in [0.4, 0.5) is 17.1 Å². The zero-order valence-corrected chi connectivity index (χ0v) is 26.4. The Hall–Kier alpha value is -5.38. The maximum Gasteiger partial charge on any atom is 0.159 e. The number of anilines is 3. The molecule has 0 N–H and O–H groups in total. The van der Waals surface area contributed by atoms with Crippen molar-refractivity contribution in [1.82, 2.24) is 0 Å². The Labute approximate surface area is 270 Å². The van der Waals surface area contributed by atoms with Crippen LogP contribution in [0.2, 0.25) is 0 Å². The van der Waals surface area contributed by atoms with Gasteiger partial charge in [0.15, 0.2) is 5.58 Å². The first kappa shape index (κ1) is 25.9. The maximum absolute atomic E-state index is 6.99. The van der Waals surface area contributed by atoms with Crippen molar-refractivity contribution in [2.75, 3.05) is 4.90 Å². The Bertz CT molecular complexity index is 2690. The summed E-state index contributed by atoms with van der Waals surface area (Å²) in [6.07, 6.45) is 0. The molecule has 2 heterocycles. The topological polar surface area (TPSA) is 16.4 Å². The number of fused-ring (bicyclic) bond motifs is 11. The van der Waals surface area contributed by atoms with E-state index in [9.17, 15) is 0 Å². The second-order valence-electron chi connectivity index (χ2n) is 12.9. The molecule has 3 heteroatoms. The molecule has 46 heavy (non-hydrogen) atoms. The number of para-hydroxylation sites is 1. The average molecular weight is 608 g/mol. The van der Waals surface area contributed by atoms with Crippen LogP contribution in [0.25, 0.3) is 64.0 Å². The largest absolute Gasteiger partial charge is 0.453 e. The molecule has 0 fully saturated rings. The quantitative estimate of drug-likeness (QED) is 0.199. The van der Waals surface area contributed by atoms with Crippen molar-refractivity contribution < 1.29 is 4.42 Å². The fourth-order valence-corrected chi connectivity index (χ4v) is 9.07. The molecule has 1 aliphatic carbocycles. The summed E-state index contributed by atoms with van der Waals surface area (Å²) < 4.78 is 9.56. The third-order valence-electron chi connectivity index (χ3n) is 10.1. The summed E-state index contributed by atoms with van der Waals surface area (Å²) >= 11 is 1.86. The zero-order valence-electron chi connectivity index (χ0n) is 25.5. The van der Waals surface area contributed by atoms with Crippen LogP contribution in [0.3, 0.4) is 0 Å². The number of hydrogen-bond donors (Lipinski definition) is 0. The number of nitrogens with zero attached hydrogens (tertiary/aromatic N) is 1. The first-order valence-corrected chi connectivity index (χ1v) is 16.7. The summed E-state index contributed by atoms with van der Waals surface area (Å²) in [7, 11) is 0.